The van der Waals surface area contributed by atoms with E-state index in [1.165, 1.54) is 0 Å². The smallest absolute Gasteiger partial charge is 0.0616 e. The van der Waals surface area contributed by atoms with Crippen molar-refractivity contribution in [1.29, 1.82) is 0 Å². The van der Waals surface area contributed by atoms with Gasteiger partial charge in [0.25, 0.3) is 0 Å². The number of nitrogens with one attached hydrogen (secondary N) is 1. The minimum absolute atomic E-state index is 0.0962. The van der Waals surface area contributed by atoms with Crippen LogP contribution in [-0.2, 0) is 0 Å². The maximum Gasteiger partial charge on any atom is 0.0616 e. The monoisotopic (exact) mass is 123 g/mol. The van der Waals surface area contributed by atoms with Crippen LogP contribution in [-0.4, -0.2) is 16.7 Å². The SMILES string of the molecule is OCC=Cc1ccc[nH]1. The second kappa shape index (κ2) is 3.10. The summed E-state index contributed by atoms with van der Waals surface area (Å²) in [6, 6.07) is 3.85. The summed E-state index contributed by atoms with van der Waals surface area (Å²) >= 11 is 0. The highest BCUT2D eigenvalue weighted by molar-refractivity contribution is 5.44. The van der Waals surface area contributed by atoms with Crippen molar-refractivity contribution in [2.45, 2.75) is 0 Å². The molecule has 1 heterocycles. The third-order valence-corrected chi connectivity index (χ3v) is 1.02. The van der Waals surface area contributed by atoms with E-state index in [1.54, 1.807) is 6.08 Å². The van der Waals surface area contributed by atoms with Gasteiger partial charge in [-0.3, -0.25) is 0 Å². The lowest BCUT2D eigenvalue weighted by atomic mass is 10.4. The lowest BCUT2D eigenvalue weighted by Crippen LogP contribution is -1.71. The van der Waals surface area contributed by atoms with Crippen LogP contribution in [0.1, 0.15) is 5.69 Å². The molecule has 9 heavy (non-hydrogen) atoms. The van der Waals surface area contributed by atoms with Crippen LogP contribution in [0, 0.1) is 0 Å². The molecule has 0 saturated carbocycles. The number of hydrogen-bond acceptors (Lipinski definition) is 1. The molecule has 0 unspecified atom stereocenters. The molecular weight excluding hydrogens is 114 g/mol. The van der Waals surface area contributed by atoms with Gasteiger partial charge in [-0.05, 0) is 18.2 Å². The maximum atomic E-state index is 8.36. The number of rotatable bonds is 2. The molecule has 0 bridgehead atoms. The van der Waals surface area contributed by atoms with Gasteiger partial charge in [0.05, 0.1) is 6.61 Å². The van der Waals surface area contributed by atoms with Crippen LogP contribution < -0.4 is 0 Å². The van der Waals surface area contributed by atoms with Crippen molar-refractivity contribution in [3.05, 3.63) is 30.1 Å². The normalized spacial score (nSPS) is 10.8. The summed E-state index contributed by atoms with van der Waals surface area (Å²) in [7, 11) is 0. The first-order chi connectivity index (χ1) is 4.43. The number of aromatic nitrogens is 1. The summed E-state index contributed by atoms with van der Waals surface area (Å²) < 4.78 is 0. The number of aliphatic hydroxyl groups is 1. The Bertz CT molecular complexity index is 177. The number of aromatic amines is 1. The van der Waals surface area contributed by atoms with Crippen LogP contribution in [0.3, 0.4) is 0 Å². The average molecular weight is 123 g/mol. The maximum absolute atomic E-state index is 8.36. The molecule has 0 aromatic carbocycles. The van der Waals surface area contributed by atoms with Gasteiger partial charge in [-0.25, -0.2) is 0 Å². The van der Waals surface area contributed by atoms with Crippen molar-refractivity contribution in [3.8, 4) is 0 Å². The van der Waals surface area contributed by atoms with E-state index in [0.29, 0.717) is 0 Å². The molecule has 2 heteroatoms. The van der Waals surface area contributed by atoms with Gasteiger partial charge in [-0.2, -0.15) is 0 Å². The minimum atomic E-state index is 0.0962. The average Bonchev–Trinajstić information content (AvgIpc) is 2.34. The lowest BCUT2D eigenvalue weighted by Gasteiger charge is -1.80. The predicted octanol–water partition coefficient (Wildman–Crippen LogP) is 1.02. The Morgan fingerprint density at radius 1 is 1.67 bits per heavy atom. The van der Waals surface area contributed by atoms with Crippen molar-refractivity contribution in [2.75, 3.05) is 6.61 Å². The van der Waals surface area contributed by atoms with Gasteiger partial charge in [0.15, 0.2) is 0 Å². The largest absolute Gasteiger partial charge is 0.392 e. The molecule has 0 atom stereocenters. The minimum Gasteiger partial charge on any atom is -0.392 e. The molecule has 0 aliphatic rings. The highest BCUT2D eigenvalue weighted by Crippen LogP contribution is 1.95. The van der Waals surface area contributed by atoms with E-state index in [-0.39, 0.29) is 6.61 Å². The van der Waals surface area contributed by atoms with Gasteiger partial charge in [-0.1, -0.05) is 6.08 Å². The quantitative estimate of drug-likeness (QED) is 0.605. The topological polar surface area (TPSA) is 36.0 Å². The summed E-state index contributed by atoms with van der Waals surface area (Å²) in [5.74, 6) is 0. The van der Waals surface area contributed by atoms with E-state index >= 15 is 0 Å². The second-order valence-corrected chi connectivity index (χ2v) is 1.71. The van der Waals surface area contributed by atoms with E-state index in [9.17, 15) is 0 Å². The molecule has 1 aromatic rings. The van der Waals surface area contributed by atoms with Gasteiger partial charge in [0.2, 0.25) is 0 Å². The van der Waals surface area contributed by atoms with E-state index in [1.807, 2.05) is 24.4 Å². The standard InChI is InChI=1S/C7H9NO/c9-6-2-4-7-3-1-5-8-7/h1-5,8-9H,6H2. The first-order valence-corrected chi connectivity index (χ1v) is 2.84. The Hall–Kier alpha value is -1.02. The van der Waals surface area contributed by atoms with Crippen LogP contribution in [0.25, 0.3) is 6.08 Å². The highest BCUT2D eigenvalue weighted by Gasteiger charge is 1.80. The predicted molar refractivity (Wildman–Crippen MR) is 36.9 cm³/mol. The van der Waals surface area contributed by atoms with E-state index in [2.05, 4.69) is 4.98 Å². The summed E-state index contributed by atoms with van der Waals surface area (Å²) in [4.78, 5) is 2.97. The van der Waals surface area contributed by atoms with Crippen molar-refractivity contribution < 1.29 is 5.11 Å². The molecule has 2 nitrogen and oxygen atoms in total. The fraction of sp³-hybridized carbons (Fsp3) is 0.143. The Morgan fingerprint density at radius 3 is 3.11 bits per heavy atom. The first-order valence-electron chi connectivity index (χ1n) is 2.84. The first kappa shape index (κ1) is 6.11. The number of H-pyrrole nitrogens is 1. The molecule has 48 valence electrons. The van der Waals surface area contributed by atoms with E-state index in [4.69, 9.17) is 5.11 Å². The molecule has 0 radical (unpaired) electrons. The highest BCUT2D eigenvalue weighted by atomic mass is 16.2. The van der Waals surface area contributed by atoms with Crippen LogP contribution in [0.4, 0.5) is 0 Å². The summed E-state index contributed by atoms with van der Waals surface area (Å²) in [5.41, 5.74) is 1.02. The molecule has 0 aliphatic carbocycles. The third kappa shape index (κ3) is 1.74. The lowest BCUT2D eigenvalue weighted by molar-refractivity contribution is 0.343. The van der Waals surface area contributed by atoms with Crippen molar-refractivity contribution in [1.82, 2.24) is 4.98 Å². The van der Waals surface area contributed by atoms with Gasteiger partial charge in [-0.15, -0.1) is 0 Å². The molecule has 1 aromatic heterocycles. The molecule has 2 N–H and O–H groups in total. The fourth-order valence-corrected chi connectivity index (χ4v) is 0.628. The third-order valence-electron chi connectivity index (χ3n) is 1.02. The van der Waals surface area contributed by atoms with Gasteiger partial charge in [0, 0.05) is 11.9 Å². The number of hydrogen-bond donors (Lipinski definition) is 2. The molecule has 1 rings (SSSR count). The van der Waals surface area contributed by atoms with Crippen molar-refractivity contribution in [2.24, 2.45) is 0 Å². The Labute approximate surface area is 53.8 Å². The second-order valence-electron chi connectivity index (χ2n) is 1.71. The summed E-state index contributed by atoms with van der Waals surface area (Å²) in [5, 5.41) is 8.36. The summed E-state index contributed by atoms with van der Waals surface area (Å²) in [6.07, 6.45) is 5.36. The van der Waals surface area contributed by atoms with E-state index in [0.717, 1.165) is 5.69 Å². The Morgan fingerprint density at radius 2 is 2.56 bits per heavy atom. The Kier molecular flexibility index (Phi) is 2.10. The zero-order chi connectivity index (χ0) is 6.53. The van der Waals surface area contributed by atoms with Crippen LogP contribution >= 0.6 is 0 Å². The van der Waals surface area contributed by atoms with Crippen molar-refractivity contribution in [3.63, 3.8) is 0 Å². The van der Waals surface area contributed by atoms with Crippen LogP contribution in [0.15, 0.2) is 24.4 Å². The summed E-state index contributed by atoms with van der Waals surface area (Å²) in [6.45, 7) is 0.0962. The van der Waals surface area contributed by atoms with E-state index < -0.39 is 0 Å². The zero-order valence-corrected chi connectivity index (χ0v) is 5.04. The molecule has 0 saturated heterocycles. The van der Waals surface area contributed by atoms with Crippen LogP contribution in [0.5, 0.6) is 0 Å². The van der Waals surface area contributed by atoms with Gasteiger partial charge in [0.1, 0.15) is 0 Å². The van der Waals surface area contributed by atoms with Crippen LogP contribution in [0.2, 0.25) is 0 Å². The molecule has 0 spiro atoms. The molecular formula is C7H9NO. The molecule has 0 fully saturated rings. The van der Waals surface area contributed by atoms with Crippen molar-refractivity contribution >= 4 is 6.08 Å². The fourth-order valence-electron chi connectivity index (χ4n) is 0.628. The molecule has 0 amide bonds. The number of aliphatic hydroxyl groups excluding tert-OH is 1. The van der Waals surface area contributed by atoms with Gasteiger partial charge < -0.3 is 10.1 Å². The molecule has 0 aliphatic heterocycles. The Balaban J connectivity index is 2.57. The van der Waals surface area contributed by atoms with Gasteiger partial charge >= 0.3 is 0 Å². The zero-order valence-electron chi connectivity index (χ0n) is 5.04.